The van der Waals surface area contributed by atoms with Gasteiger partial charge in [-0.05, 0) is 75.0 Å². The molecule has 5 unspecified atom stereocenters. The first-order valence-corrected chi connectivity index (χ1v) is 8.55. The molecule has 5 atom stereocenters. The molecule has 1 aliphatic heterocycles. The number of fused-ring (bicyclic) bond motifs is 2. The molecule has 5 rings (SSSR count). The van der Waals surface area contributed by atoms with E-state index in [0.717, 1.165) is 36.9 Å². The first-order chi connectivity index (χ1) is 9.31. The van der Waals surface area contributed by atoms with Gasteiger partial charge in [-0.25, -0.2) is 0 Å². The van der Waals surface area contributed by atoms with Crippen LogP contribution in [0.4, 0.5) is 0 Å². The summed E-state index contributed by atoms with van der Waals surface area (Å²) in [5.74, 6) is 4.92. The smallest absolute Gasteiger partial charge is 0.160 e. The predicted molar refractivity (Wildman–Crippen MR) is 72.5 cm³/mol. The Morgan fingerprint density at radius 3 is 2.16 bits per heavy atom. The molecule has 0 bridgehead atoms. The molecule has 2 heteroatoms. The molecule has 4 aliphatic carbocycles. The van der Waals surface area contributed by atoms with Gasteiger partial charge in [-0.3, -0.25) is 0 Å². The first kappa shape index (κ1) is 11.6. The molecule has 2 nitrogen and oxygen atoms in total. The second-order valence-corrected chi connectivity index (χ2v) is 8.32. The van der Waals surface area contributed by atoms with Crippen LogP contribution in [-0.4, -0.2) is 19.5 Å². The van der Waals surface area contributed by atoms with Crippen LogP contribution >= 0.6 is 0 Å². The van der Waals surface area contributed by atoms with E-state index in [1.54, 1.807) is 0 Å². The summed E-state index contributed by atoms with van der Waals surface area (Å²) in [7, 11) is 0. The third kappa shape index (κ3) is 1.98. The minimum absolute atomic E-state index is 0.143. The van der Waals surface area contributed by atoms with Crippen molar-refractivity contribution in [3.05, 3.63) is 0 Å². The lowest BCUT2D eigenvalue weighted by atomic mass is 9.74. The van der Waals surface area contributed by atoms with Crippen molar-refractivity contribution in [3.8, 4) is 0 Å². The molecule has 1 saturated heterocycles. The van der Waals surface area contributed by atoms with Crippen LogP contribution < -0.4 is 0 Å². The van der Waals surface area contributed by atoms with Crippen LogP contribution in [0.25, 0.3) is 0 Å². The van der Waals surface area contributed by atoms with E-state index < -0.39 is 0 Å². The van der Waals surface area contributed by atoms with Crippen molar-refractivity contribution in [2.75, 3.05) is 13.2 Å². The van der Waals surface area contributed by atoms with Crippen LogP contribution in [0.5, 0.6) is 0 Å². The summed E-state index contributed by atoms with van der Waals surface area (Å²) >= 11 is 0. The van der Waals surface area contributed by atoms with Crippen LogP contribution in [0.15, 0.2) is 0 Å². The minimum Gasteiger partial charge on any atom is -0.352 e. The zero-order valence-corrected chi connectivity index (χ0v) is 11.9. The highest BCUT2D eigenvalue weighted by molar-refractivity contribution is 5.00. The van der Waals surface area contributed by atoms with E-state index in [1.165, 1.54) is 51.4 Å². The molecule has 0 aromatic carbocycles. The van der Waals surface area contributed by atoms with E-state index in [4.69, 9.17) is 9.47 Å². The third-order valence-electron chi connectivity index (χ3n) is 6.88. The van der Waals surface area contributed by atoms with Gasteiger partial charge >= 0.3 is 0 Å². The van der Waals surface area contributed by atoms with Gasteiger partial charge in [-0.2, -0.15) is 0 Å². The molecule has 0 aromatic rings. The molecule has 106 valence electrons. The summed E-state index contributed by atoms with van der Waals surface area (Å²) in [6.45, 7) is 1.98. The fourth-order valence-electron chi connectivity index (χ4n) is 5.34. The van der Waals surface area contributed by atoms with Gasteiger partial charge in [0.05, 0.1) is 13.2 Å². The van der Waals surface area contributed by atoms with Crippen LogP contribution in [0.2, 0.25) is 0 Å². The highest BCUT2D eigenvalue weighted by Gasteiger charge is 2.52. The molecule has 0 amide bonds. The molecule has 1 spiro atoms. The largest absolute Gasteiger partial charge is 0.352 e. The maximum Gasteiger partial charge on any atom is 0.160 e. The zero-order valence-electron chi connectivity index (χ0n) is 11.9. The highest BCUT2D eigenvalue weighted by atomic mass is 16.7. The lowest BCUT2D eigenvalue weighted by Gasteiger charge is -2.44. The Morgan fingerprint density at radius 1 is 0.684 bits per heavy atom. The number of rotatable bonds is 1. The molecule has 5 fully saturated rings. The van der Waals surface area contributed by atoms with Crippen molar-refractivity contribution < 1.29 is 9.47 Å². The summed E-state index contributed by atoms with van der Waals surface area (Å²) < 4.78 is 12.4. The summed E-state index contributed by atoms with van der Waals surface area (Å²) in [5, 5.41) is 0. The van der Waals surface area contributed by atoms with Crippen molar-refractivity contribution in [2.24, 2.45) is 35.0 Å². The summed E-state index contributed by atoms with van der Waals surface area (Å²) in [4.78, 5) is 0. The first-order valence-electron chi connectivity index (χ1n) is 8.55. The maximum absolute atomic E-state index is 6.22. The van der Waals surface area contributed by atoms with Crippen LogP contribution in [0, 0.1) is 35.0 Å². The van der Waals surface area contributed by atoms with E-state index in [-0.39, 0.29) is 6.29 Å². The Morgan fingerprint density at radius 2 is 1.37 bits per heavy atom. The van der Waals surface area contributed by atoms with Gasteiger partial charge in [0.1, 0.15) is 0 Å². The number of hydrogen-bond donors (Lipinski definition) is 0. The van der Waals surface area contributed by atoms with Gasteiger partial charge in [0, 0.05) is 11.3 Å². The van der Waals surface area contributed by atoms with Gasteiger partial charge in [-0.15, -0.1) is 0 Å². The lowest BCUT2D eigenvalue weighted by molar-refractivity contribution is -0.259. The second-order valence-electron chi connectivity index (χ2n) is 8.32. The SMILES string of the molecule is C1CC(C2OCC3(CCC4CC4C3)CO2)CC2CC12. The van der Waals surface area contributed by atoms with Crippen molar-refractivity contribution >= 4 is 0 Å². The maximum atomic E-state index is 6.22. The lowest BCUT2D eigenvalue weighted by Crippen LogP contribution is -2.46. The Bertz CT molecular complexity index is 371. The molecule has 1 heterocycles. The second kappa shape index (κ2) is 3.98. The van der Waals surface area contributed by atoms with Crippen molar-refractivity contribution in [3.63, 3.8) is 0 Å². The molecule has 19 heavy (non-hydrogen) atoms. The van der Waals surface area contributed by atoms with E-state index in [9.17, 15) is 0 Å². The Balaban J connectivity index is 1.21. The van der Waals surface area contributed by atoms with Crippen molar-refractivity contribution in [1.82, 2.24) is 0 Å². The average Bonchev–Trinajstić information content (AvgIpc) is 3.33. The van der Waals surface area contributed by atoms with Gasteiger partial charge in [0.15, 0.2) is 6.29 Å². The Labute approximate surface area is 116 Å². The zero-order chi connectivity index (χ0) is 12.4. The summed E-state index contributed by atoms with van der Waals surface area (Å²) in [6, 6.07) is 0. The predicted octanol–water partition coefficient (Wildman–Crippen LogP) is 3.60. The van der Waals surface area contributed by atoms with E-state index in [1.807, 2.05) is 0 Å². The fraction of sp³-hybridized carbons (Fsp3) is 1.00. The Hall–Kier alpha value is -0.0800. The molecule has 5 aliphatic rings. The fourth-order valence-corrected chi connectivity index (χ4v) is 5.34. The van der Waals surface area contributed by atoms with E-state index in [0.29, 0.717) is 11.3 Å². The summed E-state index contributed by atoms with van der Waals surface area (Å²) in [5.41, 5.74) is 0.408. The van der Waals surface area contributed by atoms with Gasteiger partial charge in [-0.1, -0.05) is 0 Å². The minimum atomic E-state index is 0.143. The van der Waals surface area contributed by atoms with Crippen molar-refractivity contribution in [1.29, 1.82) is 0 Å². The molecule has 0 aromatic heterocycles. The average molecular weight is 262 g/mol. The quantitative estimate of drug-likeness (QED) is 0.719. The van der Waals surface area contributed by atoms with E-state index >= 15 is 0 Å². The van der Waals surface area contributed by atoms with Crippen LogP contribution in [0.3, 0.4) is 0 Å². The standard InChI is InChI=1S/C17H26O2/c1-2-13(7-14-5-11(1)14)16-18-9-17(10-19-16)4-3-12-6-15(12)8-17/h11-16H,1-10H2. The van der Waals surface area contributed by atoms with Crippen LogP contribution in [-0.2, 0) is 9.47 Å². The van der Waals surface area contributed by atoms with Crippen molar-refractivity contribution in [2.45, 2.75) is 57.7 Å². The molecular weight excluding hydrogens is 236 g/mol. The van der Waals surface area contributed by atoms with E-state index in [2.05, 4.69) is 0 Å². The van der Waals surface area contributed by atoms with Crippen LogP contribution in [0.1, 0.15) is 51.4 Å². The molecule has 4 saturated carbocycles. The number of hydrogen-bond acceptors (Lipinski definition) is 2. The Kier molecular flexibility index (Phi) is 2.42. The van der Waals surface area contributed by atoms with Gasteiger partial charge in [0.25, 0.3) is 0 Å². The van der Waals surface area contributed by atoms with Gasteiger partial charge in [0.2, 0.25) is 0 Å². The normalized spacial score (nSPS) is 59.4. The number of ether oxygens (including phenoxy) is 2. The molecular formula is C17H26O2. The molecule has 0 N–H and O–H groups in total. The van der Waals surface area contributed by atoms with Gasteiger partial charge < -0.3 is 9.47 Å². The summed E-state index contributed by atoms with van der Waals surface area (Å²) in [6.07, 6.45) is 11.5. The highest BCUT2D eigenvalue weighted by Crippen LogP contribution is 2.57. The third-order valence-corrected chi connectivity index (χ3v) is 6.88. The molecule has 0 radical (unpaired) electrons. The topological polar surface area (TPSA) is 18.5 Å². The monoisotopic (exact) mass is 262 g/mol.